The molecular weight excluding hydrogens is 482 g/mol. The number of halogens is 2. The molecule has 1 heterocycles. The van der Waals surface area contributed by atoms with E-state index in [4.69, 9.17) is 4.74 Å². The van der Waals surface area contributed by atoms with E-state index in [0.717, 1.165) is 9.86 Å². The molecule has 0 saturated carbocycles. The number of carbonyl (C=O) groups is 1. The second-order valence-corrected chi connectivity index (χ2v) is 7.37. The Morgan fingerprint density at radius 1 is 1.26 bits per heavy atom. The third kappa shape index (κ3) is 4.25. The minimum atomic E-state index is -0.488. The summed E-state index contributed by atoms with van der Waals surface area (Å²) in [4.78, 5) is 27.1. The lowest BCUT2D eigenvalue weighted by molar-refractivity contribution is -0.385. The predicted molar refractivity (Wildman–Crippen MR) is 109 cm³/mol. The monoisotopic (exact) mass is 493 g/mol. The van der Waals surface area contributed by atoms with Crippen LogP contribution in [0, 0.1) is 17.0 Å². The molecule has 138 valence electrons. The van der Waals surface area contributed by atoms with Gasteiger partial charge in [0, 0.05) is 33.4 Å². The smallest absolute Gasteiger partial charge is 0.274 e. The number of aryl methyl sites for hydroxylation is 1. The number of benzene rings is 2. The number of rotatable bonds is 5. The molecule has 1 N–H and O–H groups in total. The van der Waals surface area contributed by atoms with E-state index >= 15 is 0 Å². The quantitative estimate of drug-likeness (QED) is 0.398. The lowest BCUT2D eigenvalue weighted by Gasteiger charge is -2.12. The first-order chi connectivity index (χ1) is 12.9. The minimum absolute atomic E-state index is 0.0560. The van der Waals surface area contributed by atoms with Crippen LogP contribution in [0.25, 0.3) is 10.9 Å². The number of ether oxygens (including phenoxy) is 1. The van der Waals surface area contributed by atoms with E-state index in [1.54, 1.807) is 25.3 Å². The van der Waals surface area contributed by atoms with E-state index in [1.807, 2.05) is 18.2 Å². The fraction of sp³-hybridized carbons (Fsp3) is 0.111. The molecule has 0 atom stereocenters. The molecule has 0 bridgehead atoms. The van der Waals surface area contributed by atoms with Crippen LogP contribution >= 0.6 is 31.9 Å². The number of nitrogens with zero attached hydrogens (tertiary/aromatic N) is 2. The second-order valence-electron chi connectivity index (χ2n) is 5.66. The molecule has 27 heavy (non-hydrogen) atoms. The lowest BCUT2D eigenvalue weighted by Crippen LogP contribution is -2.20. The number of pyridine rings is 1. The number of hydrogen-bond acceptors (Lipinski definition) is 5. The van der Waals surface area contributed by atoms with Gasteiger partial charge >= 0.3 is 0 Å². The van der Waals surface area contributed by atoms with Crippen molar-refractivity contribution in [3.8, 4) is 5.75 Å². The second kappa shape index (κ2) is 8.01. The van der Waals surface area contributed by atoms with Crippen LogP contribution in [-0.2, 0) is 4.79 Å². The topological polar surface area (TPSA) is 94.4 Å². The van der Waals surface area contributed by atoms with Crippen molar-refractivity contribution >= 4 is 60.0 Å². The van der Waals surface area contributed by atoms with Crippen molar-refractivity contribution in [1.29, 1.82) is 0 Å². The van der Waals surface area contributed by atoms with E-state index in [2.05, 4.69) is 42.2 Å². The summed E-state index contributed by atoms with van der Waals surface area (Å²) in [5, 5.41) is 14.5. The van der Waals surface area contributed by atoms with Crippen molar-refractivity contribution in [2.24, 2.45) is 0 Å². The van der Waals surface area contributed by atoms with Gasteiger partial charge in [-0.1, -0.05) is 28.1 Å². The minimum Gasteiger partial charge on any atom is -0.480 e. The van der Waals surface area contributed by atoms with Gasteiger partial charge in [-0.25, -0.2) is 0 Å². The van der Waals surface area contributed by atoms with Crippen molar-refractivity contribution in [3.05, 3.63) is 67.2 Å². The maximum absolute atomic E-state index is 12.2. The van der Waals surface area contributed by atoms with Gasteiger partial charge in [0.1, 0.15) is 5.52 Å². The summed E-state index contributed by atoms with van der Waals surface area (Å²) in [5.74, 6) is 0.00545. The van der Waals surface area contributed by atoms with Crippen molar-refractivity contribution in [1.82, 2.24) is 4.98 Å². The first kappa shape index (κ1) is 19.2. The van der Waals surface area contributed by atoms with E-state index < -0.39 is 10.8 Å². The van der Waals surface area contributed by atoms with Gasteiger partial charge in [-0.15, -0.1) is 0 Å². The fourth-order valence-electron chi connectivity index (χ4n) is 2.50. The van der Waals surface area contributed by atoms with E-state index in [9.17, 15) is 14.9 Å². The molecule has 0 spiro atoms. The molecule has 0 fully saturated rings. The molecule has 3 rings (SSSR count). The van der Waals surface area contributed by atoms with Gasteiger partial charge in [-0.05, 0) is 41.1 Å². The van der Waals surface area contributed by atoms with Crippen molar-refractivity contribution in [3.63, 3.8) is 0 Å². The zero-order valence-corrected chi connectivity index (χ0v) is 17.2. The number of aromatic nitrogens is 1. The van der Waals surface area contributed by atoms with Crippen LogP contribution in [0.2, 0.25) is 0 Å². The highest BCUT2D eigenvalue weighted by atomic mass is 79.9. The van der Waals surface area contributed by atoms with Gasteiger partial charge in [-0.3, -0.25) is 19.9 Å². The molecule has 0 radical (unpaired) electrons. The van der Waals surface area contributed by atoms with E-state index in [-0.39, 0.29) is 12.3 Å². The molecule has 7 nitrogen and oxygen atoms in total. The molecule has 2 aromatic carbocycles. The number of anilines is 1. The third-order valence-electron chi connectivity index (χ3n) is 3.79. The van der Waals surface area contributed by atoms with Gasteiger partial charge in [0.15, 0.2) is 12.4 Å². The molecule has 0 aliphatic rings. The summed E-state index contributed by atoms with van der Waals surface area (Å²) < 4.78 is 7.16. The average molecular weight is 495 g/mol. The summed E-state index contributed by atoms with van der Waals surface area (Å²) in [7, 11) is 0. The number of amides is 1. The Morgan fingerprint density at radius 2 is 2.04 bits per heavy atom. The normalized spacial score (nSPS) is 10.6. The standard InChI is InChI=1S/C18H13Br2N3O4/c1-10-4-5-11(7-15(10)23(25)26)22-16(24)9-27-18-14(20)8-13(19)12-3-2-6-21-17(12)18/h2-8H,9H2,1H3,(H,22,24). The van der Waals surface area contributed by atoms with Gasteiger partial charge in [0.2, 0.25) is 0 Å². The van der Waals surface area contributed by atoms with E-state index in [1.165, 1.54) is 6.07 Å². The zero-order valence-electron chi connectivity index (χ0n) is 14.0. The summed E-state index contributed by atoms with van der Waals surface area (Å²) in [5.41, 5.74) is 1.40. The maximum atomic E-state index is 12.2. The Bertz CT molecular complexity index is 1060. The van der Waals surface area contributed by atoms with Crippen LogP contribution < -0.4 is 10.1 Å². The molecule has 3 aromatic rings. The number of nitro benzene ring substituents is 1. The van der Waals surface area contributed by atoms with Crippen LogP contribution in [0.3, 0.4) is 0 Å². The Morgan fingerprint density at radius 3 is 2.78 bits per heavy atom. The van der Waals surface area contributed by atoms with Crippen molar-refractivity contribution in [2.75, 3.05) is 11.9 Å². The molecule has 9 heteroatoms. The van der Waals surface area contributed by atoms with Crippen LogP contribution in [0.1, 0.15) is 5.56 Å². The molecule has 1 aromatic heterocycles. The highest BCUT2D eigenvalue weighted by Crippen LogP contribution is 2.37. The fourth-order valence-corrected chi connectivity index (χ4v) is 3.89. The first-order valence-electron chi connectivity index (χ1n) is 7.77. The van der Waals surface area contributed by atoms with Gasteiger partial charge in [0.05, 0.1) is 9.40 Å². The Hall–Kier alpha value is -2.52. The van der Waals surface area contributed by atoms with Crippen molar-refractivity contribution < 1.29 is 14.5 Å². The van der Waals surface area contributed by atoms with Crippen LogP contribution in [0.5, 0.6) is 5.75 Å². The lowest BCUT2D eigenvalue weighted by atomic mass is 10.2. The van der Waals surface area contributed by atoms with Crippen molar-refractivity contribution in [2.45, 2.75) is 6.92 Å². The van der Waals surface area contributed by atoms with E-state index in [0.29, 0.717) is 27.0 Å². The zero-order chi connectivity index (χ0) is 19.6. The summed E-state index contributed by atoms with van der Waals surface area (Å²) in [6.07, 6.45) is 1.64. The van der Waals surface area contributed by atoms with Gasteiger partial charge in [-0.2, -0.15) is 0 Å². The summed E-state index contributed by atoms with van der Waals surface area (Å²) in [6.45, 7) is 1.36. The number of nitrogens with one attached hydrogen (secondary N) is 1. The highest BCUT2D eigenvalue weighted by molar-refractivity contribution is 9.11. The van der Waals surface area contributed by atoms with Crippen LogP contribution in [0.4, 0.5) is 11.4 Å². The van der Waals surface area contributed by atoms with Crippen LogP contribution in [-0.4, -0.2) is 22.4 Å². The average Bonchev–Trinajstić information content (AvgIpc) is 2.63. The van der Waals surface area contributed by atoms with Crippen LogP contribution in [0.15, 0.2) is 51.5 Å². The molecule has 1 amide bonds. The van der Waals surface area contributed by atoms with Gasteiger partial charge < -0.3 is 10.1 Å². The Balaban J connectivity index is 1.76. The van der Waals surface area contributed by atoms with Gasteiger partial charge in [0.25, 0.3) is 11.6 Å². The first-order valence-corrected chi connectivity index (χ1v) is 9.36. The molecule has 0 aliphatic carbocycles. The maximum Gasteiger partial charge on any atom is 0.274 e. The largest absolute Gasteiger partial charge is 0.480 e. The highest BCUT2D eigenvalue weighted by Gasteiger charge is 2.15. The summed E-state index contributed by atoms with van der Waals surface area (Å²) in [6, 6.07) is 10.0. The number of hydrogen-bond donors (Lipinski definition) is 1. The SMILES string of the molecule is Cc1ccc(NC(=O)COc2c(Br)cc(Br)c3cccnc23)cc1[N+](=O)[O-]. The number of carbonyl (C=O) groups excluding carboxylic acids is 1. The molecular formula is C18H13Br2N3O4. The Labute approximate surface area is 171 Å². The molecule has 0 unspecified atom stereocenters. The predicted octanol–water partition coefficient (Wildman–Crippen LogP) is 4.99. The summed E-state index contributed by atoms with van der Waals surface area (Å²) >= 11 is 6.89. The molecule has 0 saturated heterocycles. The number of fused-ring (bicyclic) bond motifs is 1. The Kier molecular flexibility index (Phi) is 5.71. The molecule has 0 aliphatic heterocycles. The third-order valence-corrected chi connectivity index (χ3v) is 5.03. The number of nitro groups is 1.